The Morgan fingerprint density at radius 2 is 1.96 bits per heavy atom. The lowest BCUT2D eigenvalue weighted by Crippen LogP contribution is -2.36. The number of anilines is 1. The molecule has 4 N–H and O–H groups in total. The van der Waals surface area contributed by atoms with Crippen molar-refractivity contribution in [3.05, 3.63) is 29.3 Å². The van der Waals surface area contributed by atoms with Crippen molar-refractivity contribution in [1.82, 2.24) is 5.32 Å². The number of benzene rings is 1. The Labute approximate surface area is 155 Å². The van der Waals surface area contributed by atoms with Crippen molar-refractivity contribution in [3.63, 3.8) is 0 Å². The van der Waals surface area contributed by atoms with Gasteiger partial charge in [0.1, 0.15) is 0 Å². The molecule has 0 aliphatic heterocycles. The van der Waals surface area contributed by atoms with E-state index >= 15 is 0 Å². The smallest absolute Gasteiger partial charge is 0.225 e. The fraction of sp³-hybridized carbons (Fsp3) is 0.529. The fourth-order valence-electron chi connectivity index (χ4n) is 2.45. The summed E-state index contributed by atoms with van der Waals surface area (Å²) in [7, 11) is 0. The Morgan fingerprint density at radius 1 is 1.26 bits per heavy atom. The van der Waals surface area contributed by atoms with E-state index in [0.29, 0.717) is 19.0 Å². The standard InChI is InChI=1S/C17H26N4O.HI/c1-17(2,3)15(22)19-9-10-20-16(18)21-14-8-7-12-5-4-6-13(12)11-14;/h7-8,11H,4-6,9-10H2,1-3H3,(H,19,22)(H3,18,20,21);1H. The molecule has 1 aromatic rings. The Hall–Kier alpha value is -1.31. The molecular formula is C17H27IN4O. The van der Waals surface area contributed by atoms with Crippen LogP contribution in [0.4, 0.5) is 5.69 Å². The molecular weight excluding hydrogens is 403 g/mol. The van der Waals surface area contributed by atoms with Crippen molar-refractivity contribution >= 4 is 41.5 Å². The van der Waals surface area contributed by atoms with Crippen LogP contribution in [0.3, 0.4) is 0 Å². The first-order valence-corrected chi connectivity index (χ1v) is 7.83. The molecule has 23 heavy (non-hydrogen) atoms. The molecule has 1 aliphatic carbocycles. The summed E-state index contributed by atoms with van der Waals surface area (Å²) in [5, 5.41) is 5.95. The highest BCUT2D eigenvalue weighted by Crippen LogP contribution is 2.24. The third-order valence-corrected chi connectivity index (χ3v) is 3.73. The van der Waals surface area contributed by atoms with Crippen LogP contribution in [0.5, 0.6) is 0 Å². The van der Waals surface area contributed by atoms with Gasteiger partial charge in [-0.25, -0.2) is 0 Å². The van der Waals surface area contributed by atoms with E-state index in [1.54, 1.807) is 0 Å². The topological polar surface area (TPSA) is 79.5 Å². The Balaban J connectivity index is 0.00000264. The molecule has 0 fully saturated rings. The van der Waals surface area contributed by atoms with Crippen molar-refractivity contribution in [2.75, 3.05) is 18.4 Å². The number of amides is 1. The van der Waals surface area contributed by atoms with Gasteiger partial charge in [-0.15, -0.1) is 24.0 Å². The molecule has 2 rings (SSSR count). The van der Waals surface area contributed by atoms with Gasteiger partial charge in [0.25, 0.3) is 0 Å². The van der Waals surface area contributed by atoms with Crippen LogP contribution in [0.15, 0.2) is 23.2 Å². The minimum Gasteiger partial charge on any atom is -0.370 e. The molecule has 0 saturated heterocycles. The van der Waals surface area contributed by atoms with Gasteiger partial charge in [-0.3, -0.25) is 9.79 Å². The van der Waals surface area contributed by atoms with E-state index in [0.717, 1.165) is 12.1 Å². The van der Waals surface area contributed by atoms with Gasteiger partial charge < -0.3 is 16.4 Å². The van der Waals surface area contributed by atoms with Crippen molar-refractivity contribution in [2.45, 2.75) is 40.0 Å². The number of aryl methyl sites for hydroxylation is 2. The predicted molar refractivity (Wildman–Crippen MR) is 106 cm³/mol. The minimum atomic E-state index is -0.377. The predicted octanol–water partition coefficient (Wildman–Crippen LogP) is 2.68. The number of aliphatic imine (C=N–C) groups is 1. The summed E-state index contributed by atoms with van der Waals surface area (Å²) in [4.78, 5) is 15.9. The lowest BCUT2D eigenvalue weighted by Gasteiger charge is -2.17. The zero-order valence-corrected chi connectivity index (χ0v) is 16.4. The van der Waals surface area contributed by atoms with Crippen LogP contribution in [0.25, 0.3) is 0 Å². The third kappa shape index (κ3) is 6.01. The van der Waals surface area contributed by atoms with Gasteiger partial charge in [-0.05, 0) is 42.5 Å². The van der Waals surface area contributed by atoms with Crippen molar-refractivity contribution < 1.29 is 4.79 Å². The molecule has 0 aromatic heterocycles. The Kier molecular flexibility index (Phi) is 7.31. The van der Waals surface area contributed by atoms with Gasteiger partial charge in [0.2, 0.25) is 5.91 Å². The first-order chi connectivity index (χ1) is 10.4. The molecule has 1 aliphatic rings. The number of nitrogens with two attached hydrogens (primary N) is 1. The van der Waals surface area contributed by atoms with Crippen molar-refractivity contribution in [2.24, 2.45) is 16.1 Å². The molecule has 5 nitrogen and oxygen atoms in total. The average molecular weight is 430 g/mol. The first kappa shape index (κ1) is 19.7. The number of fused-ring (bicyclic) bond motifs is 1. The minimum absolute atomic E-state index is 0. The molecule has 1 aromatic carbocycles. The normalized spacial score (nSPS) is 14.0. The molecule has 1 amide bonds. The lowest BCUT2D eigenvalue weighted by molar-refractivity contribution is -0.128. The van der Waals surface area contributed by atoms with Crippen molar-refractivity contribution in [1.29, 1.82) is 0 Å². The van der Waals surface area contributed by atoms with Crippen LogP contribution in [-0.2, 0) is 17.6 Å². The number of carbonyl (C=O) groups is 1. The molecule has 0 unspecified atom stereocenters. The molecule has 0 radical (unpaired) electrons. The molecule has 0 bridgehead atoms. The van der Waals surface area contributed by atoms with Crippen molar-refractivity contribution in [3.8, 4) is 0 Å². The van der Waals surface area contributed by atoms with Gasteiger partial charge in [0, 0.05) is 17.6 Å². The largest absolute Gasteiger partial charge is 0.370 e. The molecule has 0 spiro atoms. The number of carbonyl (C=O) groups excluding carboxylic acids is 1. The van der Waals surface area contributed by atoms with Crippen LogP contribution >= 0.6 is 24.0 Å². The Morgan fingerprint density at radius 3 is 2.65 bits per heavy atom. The molecule has 128 valence electrons. The van der Waals surface area contributed by atoms with E-state index in [1.165, 1.54) is 24.0 Å². The summed E-state index contributed by atoms with van der Waals surface area (Å²) in [6, 6.07) is 6.33. The van der Waals surface area contributed by atoms with E-state index < -0.39 is 0 Å². The monoisotopic (exact) mass is 430 g/mol. The summed E-state index contributed by atoms with van der Waals surface area (Å²) >= 11 is 0. The number of hydrogen-bond donors (Lipinski definition) is 3. The maximum absolute atomic E-state index is 11.7. The van der Waals surface area contributed by atoms with Gasteiger partial charge in [0.05, 0.1) is 6.54 Å². The highest BCUT2D eigenvalue weighted by Gasteiger charge is 2.20. The number of guanidine groups is 1. The number of nitrogens with zero attached hydrogens (tertiary/aromatic N) is 1. The summed E-state index contributed by atoms with van der Waals surface area (Å²) in [6.45, 7) is 6.61. The van der Waals surface area contributed by atoms with E-state index in [4.69, 9.17) is 5.73 Å². The SMILES string of the molecule is CC(C)(C)C(=O)NCCN=C(N)Nc1ccc2c(c1)CCC2.I. The molecule has 0 saturated carbocycles. The fourth-order valence-corrected chi connectivity index (χ4v) is 2.45. The quantitative estimate of drug-likeness (QED) is 0.298. The summed E-state index contributed by atoms with van der Waals surface area (Å²) in [5.74, 6) is 0.399. The number of nitrogens with one attached hydrogen (secondary N) is 2. The van der Waals surface area contributed by atoms with Gasteiger partial charge >= 0.3 is 0 Å². The zero-order valence-electron chi connectivity index (χ0n) is 14.1. The summed E-state index contributed by atoms with van der Waals surface area (Å²) in [5.41, 5.74) is 9.31. The summed E-state index contributed by atoms with van der Waals surface area (Å²) in [6.07, 6.45) is 3.54. The number of hydrogen-bond acceptors (Lipinski definition) is 2. The van der Waals surface area contributed by atoms with Crippen LogP contribution < -0.4 is 16.4 Å². The van der Waals surface area contributed by atoms with Gasteiger partial charge in [-0.1, -0.05) is 26.8 Å². The van der Waals surface area contributed by atoms with E-state index in [2.05, 4.69) is 27.8 Å². The maximum atomic E-state index is 11.7. The van der Waals surface area contributed by atoms with E-state index in [1.807, 2.05) is 26.8 Å². The van der Waals surface area contributed by atoms with Crippen LogP contribution in [-0.4, -0.2) is 25.0 Å². The highest BCUT2D eigenvalue weighted by molar-refractivity contribution is 14.0. The first-order valence-electron chi connectivity index (χ1n) is 7.83. The highest BCUT2D eigenvalue weighted by atomic mass is 127. The average Bonchev–Trinajstić information content (AvgIpc) is 2.89. The van der Waals surface area contributed by atoms with Crippen LogP contribution in [0.2, 0.25) is 0 Å². The Bertz CT molecular complexity index is 578. The van der Waals surface area contributed by atoms with Gasteiger partial charge in [-0.2, -0.15) is 0 Å². The number of halogens is 1. The third-order valence-electron chi connectivity index (χ3n) is 3.73. The van der Waals surface area contributed by atoms with Gasteiger partial charge in [0.15, 0.2) is 5.96 Å². The zero-order chi connectivity index (χ0) is 16.2. The molecule has 0 heterocycles. The summed E-state index contributed by atoms with van der Waals surface area (Å²) < 4.78 is 0. The second kappa shape index (κ2) is 8.52. The molecule has 6 heteroatoms. The van der Waals surface area contributed by atoms with E-state index in [9.17, 15) is 4.79 Å². The second-order valence-corrected chi connectivity index (χ2v) is 6.73. The van der Waals surface area contributed by atoms with Crippen LogP contribution in [0.1, 0.15) is 38.3 Å². The lowest BCUT2D eigenvalue weighted by atomic mass is 9.96. The number of rotatable bonds is 4. The molecule has 0 atom stereocenters. The van der Waals surface area contributed by atoms with E-state index in [-0.39, 0.29) is 35.3 Å². The van der Waals surface area contributed by atoms with Crippen LogP contribution in [0, 0.1) is 5.41 Å². The second-order valence-electron chi connectivity index (χ2n) is 6.73. The maximum Gasteiger partial charge on any atom is 0.225 e.